The number of hydrogen-bond acceptors (Lipinski definition) is 2. The molecule has 2 heteroatoms. The number of aromatic nitrogens is 1. The van der Waals surface area contributed by atoms with E-state index in [9.17, 15) is 5.11 Å². The van der Waals surface area contributed by atoms with Gasteiger partial charge < -0.3 is 5.11 Å². The summed E-state index contributed by atoms with van der Waals surface area (Å²) in [7, 11) is 0. The Kier molecular flexibility index (Phi) is 4.42. The maximum Gasteiger partial charge on any atom is 0.0577 e. The van der Waals surface area contributed by atoms with Crippen molar-refractivity contribution in [2.24, 2.45) is 23.2 Å². The molecule has 2 saturated carbocycles. The molecule has 1 heterocycles. The van der Waals surface area contributed by atoms with Gasteiger partial charge in [-0.3, -0.25) is 4.98 Å². The summed E-state index contributed by atoms with van der Waals surface area (Å²) in [5.74, 6) is 2.88. The summed E-state index contributed by atoms with van der Waals surface area (Å²) in [5.41, 5.74) is 5.04. The van der Waals surface area contributed by atoms with Crippen LogP contribution < -0.4 is 0 Å². The lowest BCUT2D eigenvalue weighted by molar-refractivity contribution is 0.125. The molecule has 156 valence electrons. The molecular formula is C28H33NO. The van der Waals surface area contributed by atoms with E-state index < -0.39 is 0 Å². The fourth-order valence-electron chi connectivity index (χ4n) is 7.56. The Bertz CT molecular complexity index is 1040. The second-order valence-electron chi connectivity index (χ2n) is 10.7. The molecule has 30 heavy (non-hydrogen) atoms. The van der Waals surface area contributed by atoms with Gasteiger partial charge in [0.2, 0.25) is 0 Å². The average molecular weight is 400 g/mol. The number of fused-ring (bicyclic) bond motifs is 5. The van der Waals surface area contributed by atoms with Crippen molar-refractivity contribution in [1.29, 1.82) is 0 Å². The van der Waals surface area contributed by atoms with Gasteiger partial charge in [0.1, 0.15) is 0 Å². The summed E-state index contributed by atoms with van der Waals surface area (Å²) in [6, 6.07) is 9.22. The molecule has 0 saturated heterocycles. The van der Waals surface area contributed by atoms with Crippen LogP contribution in [0, 0.1) is 23.2 Å². The van der Waals surface area contributed by atoms with Crippen molar-refractivity contribution < 1.29 is 5.11 Å². The highest BCUT2D eigenvalue weighted by molar-refractivity contribution is 5.82. The summed E-state index contributed by atoms with van der Waals surface area (Å²) in [6.45, 7) is 2.58. The Hall–Kier alpha value is -1.93. The highest BCUT2D eigenvalue weighted by Crippen LogP contribution is 2.62. The van der Waals surface area contributed by atoms with Crippen LogP contribution in [-0.2, 0) is 0 Å². The van der Waals surface area contributed by atoms with Crippen LogP contribution in [0.15, 0.2) is 60.0 Å². The molecule has 6 atom stereocenters. The van der Waals surface area contributed by atoms with Gasteiger partial charge in [0.25, 0.3) is 0 Å². The minimum Gasteiger partial charge on any atom is -0.393 e. The molecule has 2 nitrogen and oxygen atoms in total. The van der Waals surface area contributed by atoms with Crippen molar-refractivity contribution in [2.45, 2.75) is 70.3 Å². The lowest BCUT2D eigenvalue weighted by Gasteiger charge is -2.44. The number of aliphatic hydroxyl groups excluding tert-OH is 1. The predicted octanol–water partition coefficient (Wildman–Crippen LogP) is 6.56. The first kappa shape index (κ1) is 18.8. The highest BCUT2D eigenvalue weighted by atomic mass is 16.3. The lowest BCUT2D eigenvalue weighted by Crippen LogP contribution is -2.35. The van der Waals surface area contributed by atoms with Crippen LogP contribution >= 0.6 is 0 Å². The molecule has 2 aromatic rings. The van der Waals surface area contributed by atoms with Gasteiger partial charge in [-0.1, -0.05) is 42.8 Å². The van der Waals surface area contributed by atoms with E-state index in [1.165, 1.54) is 54.9 Å². The fourth-order valence-corrected chi connectivity index (χ4v) is 7.56. The van der Waals surface area contributed by atoms with E-state index >= 15 is 0 Å². The van der Waals surface area contributed by atoms with E-state index in [2.05, 4.69) is 48.3 Å². The van der Waals surface area contributed by atoms with Gasteiger partial charge in [0.15, 0.2) is 0 Å². The van der Waals surface area contributed by atoms with Crippen molar-refractivity contribution in [3.05, 3.63) is 65.5 Å². The zero-order chi connectivity index (χ0) is 20.3. The lowest BCUT2D eigenvalue weighted by atomic mass is 9.60. The van der Waals surface area contributed by atoms with Crippen molar-refractivity contribution in [1.82, 2.24) is 4.98 Å². The molecule has 6 rings (SSSR count). The zero-order valence-corrected chi connectivity index (χ0v) is 18.1. The van der Waals surface area contributed by atoms with E-state index in [1.54, 1.807) is 11.1 Å². The molecule has 0 spiro atoms. The van der Waals surface area contributed by atoms with Crippen LogP contribution in [0.3, 0.4) is 0 Å². The van der Waals surface area contributed by atoms with Crippen LogP contribution in [0.25, 0.3) is 10.8 Å². The standard InChI is InChI=1S/C28H33NO/c1-28-12-10-20-15-23-16-24(30)6-4-18(23)5-7-25(20)27(28)9-8-26(28)21-2-3-22-17-29-13-11-19(22)14-21/h2-3,10-11,13-15,17-18,24-27,30H,4-9,12,16H2,1H3. The minimum absolute atomic E-state index is 0.113. The van der Waals surface area contributed by atoms with Gasteiger partial charge in [0.05, 0.1) is 6.10 Å². The predicted molar refractivity (Wildman–Crippen MR) is 122 cm³/mol. The SMILES string of the molecule is CC12CC=C3C=C4CC(O)CCC4CCC3C1CCC2c1ccc2cnccc2c1. The number of hydrogen-bond donors (Lipinski definition) is 1. The number of pyridine rings is 1. The average Bonchev–Trinajstić information content (AvgIpc) is 3.00. The number of aliphatic hydroxyl groups is 1. The number of benzene rings is 1. The molecular weight excluding hydrogens is 366 g/mol. The maximum absolute atomic E-state index is 10.2. The first-order valence-corrected chi connectivity index (χ1v) is 12.0. The molecule has 0 amide bonds. The van der Waals surface area contributed by atoms with Gasteiger partial charge in [-0.15, -0.1) is 0 Å². The largest absolute Gasteiger partial charge is 0.393 e. The monoisotopic (exact) mass is 399 g/mol. The van der Waals surface area contributed by atoms with Gasteiger partial charge in [0, 0.05) is 17.8 Å². The zero-order valence-electron chi connectivity index (χ0n) is 18.1. The molecule has 1 aromatic heterocycles. The van der Waals surface area contributed by atoms with E-state index in [0.717, 1.165) is 24.7 Å². The third kappa shape index (κ3) is 2.91. The normalized spacial score (nSPS) is 38.1. The summed E-state index contributed by atoms with van der Waals surface area (Å²) < 4.78 is 0. The van der Waals surface area contributed by atoms with E-state index in [0.29, 0.717) is 17.3 Å². The number of rotatable bonds is 1. The summed E-state index contributed by atoms with van der Waals surface area (Å²) >= 11 is 0. The van der Waals surface area contributed by atoms with Crippen LogP contribution in [0.1, 0.15) is 69.8 Å². The minimum atomic E-state index is -0.113. The number of nitrogens with zero attached hydrogens (tertiary/aromatic N) is 1. The van der Waals surface area contributed by atoms with Crippen LogP contribution in [0.2, 0.25) is 0 Å². The quantitative estimate of drug-likeness (QED) is 0.589. The molecule has 1 N–H and O–H groups in total. The van der Waals surface area contributed by atoms with Crippen LogP contribution in [0.5, 0.6) is 0 Å². The van der Waals surface area contributed by atoms with Crippen LogP contribution in [-0.4, -0.2) is 16.2 Å². The number of allylic oxidation sites excluding steroid dienone is 3. The molecule has 0 radical (unpaired) electrons. The summed E-state index contributed by atoms with van der Waals surface area (Å²) in [6.07, 6.45) is 18.5. The van der Waals surface area contributed by atoms with Gasteiger partial charge in [-0.2, -0.15) is 0 Å². The summed E-state index contributed by atoms with van der Waals surface area (Å²) in [5, 5.41) is 12.8. The van der Waals surface area contributed by atoms with Crippen molar-refractivity contribution in [2.75, 3.05) is 0 Å². The van der Waals surface area contributed by atoms with Gasteiger partial charge in [-0.25, -0.2) is 0 Å². The molecule has 0 bridgehead atoms. The topological polar surface area (TPSA) is 33.1 Å². The van der Waals surface area contributed by atoms with Crippen molar-refractivity contribution in [3.63, 3.8) is 0 Å². The van der Waals surface area contributed by atoms with Crippen LogP contribution in [0.4, 0.5) is 0 Å². The molecule has 1 aromatic carbocycles. The van der Waals surface area contributed by atoms with E-state index in [4.69, 9.17) is 0 Å². The molecule has 0 aliphatic heterocycles. The fraction of sp³-hybridized carbons (Fsp3) is 0.536. The maximum atomic E-state index is 10.2. The van der Waals surface area contributed by atoms with Crippen molar-refractivity contribution in [3.8, 4) is 0 Å². The molecule has 2 fully saturated rings. The second-order valence-corrected chi connectivity index (χ2v) is 10.7. The van der Waals surface area contributed by atoms with Gasteiger partial charge in [-0.05, 0) is 103 Å². The van der Waals surface area contributed by atoms with E-state index in [-0.39, 0.29) is 6.10 Å². The van der Waals surface area contributed by atoms with E-state index in [1.807, 2.05) is 12.4 Å². The Morgan fingerprint density at radius 2 is 1.90 bits per heavy atom. The first-order valence-electron chi connectivity index (χ1n) is 12.0. The second kappa shape index (κ2) is 7.05. The third-order valence-electron chi connectivity index (χ3n) is 9.19. The van der Waals surface area contributed by atoms with Crippen molar-refractivity contribution >= 4 is 10.8 Å². The smallest absolute Gasteiger partial charge is 0.0577 e. The molecule has 4 aliphatic rings. The molecule has 6 unspecified atom stereocenters. The Morgan fingerprint density at radius 3 is 2.83 bits per heavy atom. The Morgan fingerprint density at radius 1 is 1.00 bits per heavy atom. The first-order chi connectivity index (χ1) is 14.6. The molecule has 4 aliphatic carbocycles. The highest BCUT2D eigenvalue weighted by Gasteiger charge is 2.52. The third-order valence-corrected chi connectivity index (χ3v) is 9.19. The Balaban J connectivity index is 1.33. The summed E-state index contributed by atoms with van der Waals surface area (Å²) in [4.78, 5) is 4.28. The van der Waals surface area contributed by atoms with Gasteiger partial charge >= 0.3 is 0 Å². The Labute approximate surface area is 180 Å².